The molecule has 3 nitrogen and oxygen atoms in total. The molecule has 0 aromatic heterocycles. The summed E-state index contributed by atoms with van der Waals surface area (Å²) in [6.07, 6.45) is 0. The smallest absolute Gasteiger partial charge is 0.411 e. The van der Waals surface area contributed by atoms with E-state index < -0.39 is 5.97 Å². The maximum atomic E-state index is 10.1. The second kappa shape index (κ2) is 3.90. The lowest BCUT2D eigenvalue weighted by Gasteiger charge is -2.00. The van der Waals surface area contributed by atoms with Crippen molar-refractivity contribution in [3.05, 3.63) is 0 Å². The van der Waals surface area contributed by atoms with Crippen LogP contribution in [-0.4, -0.2) is 12.6 Å². The minimum Gasteiger partial charge on any atom is -0.454 e. The van der Waals surface area contributed by atoms with E-state index in [4.69, 9.17) is 5.26 Å². The Morgan fingerprint density at radius 3 is 2.67 bits per heavy atom. The van der Waals surface area contributed by atoms with E-state index in [-0.39, 0.29) is 0 Å². The third-order valence-corrected chi connectivity index (χ3v) is 0.639. The molecule has 0 aliphatic heterocycles. The van der Waals surface area contributed by atoms with Crippen molar-refractivity contribution in [1.29, 1.82) is 5.26 Å². The fraction of sp³-hybridized carbons (Fsp3) is 0.667. The zero-order valence-corrected chi connectivity index (χ0v) is 5.55. The van der Waals surface area contributed by atoms with E-state index in [1.165, 1.54) is 6.07 Å². The first-order valence-electron chi connectivity index (χ1n) is 2.73. The molecule has 0 atom stereocenters. The zero-order valence-electron chi connectivity index (χ0n) is 5.55. The quantitative estimate of drug-likeness (QED) is 0.405. The Morgan fingerprint density at radius 1 is 1.78 bits per heavy atom. The third kappa shape index (κ3) is 4.82. The van der Waals surface area contributed by atoms with Crippen LogP contribution in [0.4, 0.5) is 0 Å². The van der Waals surface area contributed by atoms with Crippen molar-refractivity contribution >= 4 is 5.97 Å². The molecule has 0 aromatic carbocycles. The lowest BCUT2D eigenvalue weighted by molar-refractivity contribution is -0.137. The monoisotopic (exact) mass is 127 g/mol. The Balaban J connectivity index is 3.31. The average molecular weight is 127 g/mol. The second-order valence-electron chi connectivity index (χ2n) is 2.10. The molecule has 0 bridgehead atoms. The number of nitrogens with zero attached hydrogens (tertiary/aromatic N) is 1. The summed E-state index contributed by atoms with van der Waals surface area (Å²) in [6.45, 7) is 4.14. The molecule has 0 fully saturated rings. The van der Waals surface area contributed by atoms with Crippen LogP contribution in [0.3, 0.4) is 0 Å². The van der Waals surface area contributed by atoms with Gasteiger partial charge in [0.15, 0.2) is 6.07 Å². The predicted octanol–water partition coefficient (Wildman–Crippen LogP) is 0.709. The molecule has 0 N–H and O–H groups in total. The third-order valence-electron chi connectivity index (χ3n) is 0.639. The van der Waals surface area contributed by atoms with Crippen LogP contribution >= 0.6 is 0 Å². The van der Waals surface area contributed by atoms with Crippen molar-refractivity contribution in [1.82, 2.24) is 0 Å². The van der Waals surface area contributed by atoms with Crippen LogP contribution in [0.5, 0.6) is 0 Å². The van der Waals surface area contributed by atoms with Gasteiger partial charge in [-0.25, -0.2) is 4.79 Å². The lowest BCUT2D eigenvalue weighted by Crippen LogP contribution is -2.06. The van der Waals surface area contributed by atoms with Gasteiger partial charge in [-0.2, -0.15) is 5.26 Å². The second-order valence-corrected chi connectivity index (χ2v) is 2.10. The molecule has 0 saturated heterocycles. The van der Waals surface area contributed by atoms with Crippen LogP contribution in [-0.2, 0) is 9.53 Å². The van der Waals surface area contributed by atoms with Gasteiger partial charge < -0.3 is 4.74 Å². The topological polar surface area (TPSA) is 50.1 Å². The Morgan fingerprint density at radius 2 is 2.33 bits per heavy atom. The van der Waals surface area contributed by atoms with E-state index in [2.05, 4.69) is 4.74 Å². The predicted molar refractivity (Wildman–Crippen MR) is 31.4 cm³/mol. The highest BCUT2D eigenvalue weighted by atomic mass is 16.5. The van der Waals surface area contributed by atoms with Gasteiger partial charge in [0, 0.05) is 0 Å². The summed E-state index contributed by atoms with van der Waals surface area (Å²) in [6, 6.07) is 1.36. The molecule has 0 rings (SSSR count). The van der Waals surface area contributed by atoms with Gasteiger partial charge in [-0.1, -0.05) is 13.8 Å². The molecule has 0 heterocycles. The normalized spacial score (nSPS) is 8.67. The summed E-state index contributed by atoms with van der Waals surface area (Å²) in [4.78, 5) is 10.1. The van der Waals surface area contributed by atoms with E-state index in [9.17, 15) is 4.79 Å². The summed E-state index contributed by atoms with van der Waals surface area (Å²) in [5.74, 6) is -0.508. The highest BCUT2D eigenvalue weighted by molar-refractivity contribution is 5.85. The van der Waals surface area contributed by atoms with Gasteiger partial charge in [0.1, 0.15) is 0 Å². The van der Waals surface area contributed by atoms with E-state index in [1.807, 2.05) is 13.8 Å². The van der Waals surface area contributed by atoms with Crippen LogP contribution in [0, 0.1) is 17.2 Å². The molecule has 0 amide bonds. The molecule has 0 aliphatic carbocycles. The minimum absolute atomic E-state index is 0.294. The van der Waals surface area contributed by atoms with Crippen molar-refractivity contribution in [2.45, 2.75) is 13.8 Å². The summed E-state index contributed by atoms with van der Waals surface area (Å²) in [7, 11) is 0. The number of esters is 1. The number of carbonyl (C=O) groups is 1. The number of hydrogen-bond acceptors (Lipinski definition) is 3. The molecular weight excluding hydrogens is 118 g/mol. The number of carbonyl (C=O) groups excluding carboxylic acids is 1. The Bertz CT molecular complexity index is 134. The first-order valence-corrected chi connectivity index (χ1v) is 2.73. The maximum Gasteiger partial charge on any atom is 0.411 e. The molecule has 9 heavy (non-hydrogen) atoms. The van der Waals surface area contributed by atoms with Crippen LogP contribution in [0.15, 0.2) is 0 Å². The van der Waals surface area contributed by atoms with Crippen molar-refractivity contribution in [3.8, 4) is 6.07 Å². The first kappa shape index (κ1) is 7.96. The van der Waals surface area contributed by atoms with Crippen LogP contribution in [0.25, 0.3) is 0 Å². The number of rotatable bonds is 2. The Labute approximate surface area is 54.2 Å². The summed E-state index contributed by atoms with van der Waals surface area (Å²) >= 11 is 0. The van der Waals surface area contributed by atoms with Gasteiger partial charge in [0.25, 0.3) is 0 Å². The van der Waals surface area contributed by atoms with Crippen LogP contribution in [0.1, 0.15) is 13.8 Å². The molecule has 0 aromatic rings. The number of hydrogen-bond donors (Lipinski definition) is 0. The molecule has 50 valence electrons. The Kier molecular flexibility index (Phi) is 3.45. The highest BCUT2D eigenvalue weighted by Gasteiger charge is 1.99. The van der Waals surface area contributed by atoms with E-state index in [0.29, 0.717) is 12.5 Å². The average Bonchev–Trinajstić information content (AvgIpc) is 1.83. The van der Waals surface area contributed by atoms with Crippen LogP contribution in [0.2, 0.25) is 0 Å². The van der Waals surface area contributed by atoms with Gasteiger partial charge in [-0.05, 0) is 5.92 Å². The fourth-order valence-electron chi connectivity index (χ4n) is 0.275. The lowest BCUT2D eigenvalue weighted by atomic mass is 10.2. The largest absolute Gasteiger partial charge is 0.454 e. The number of nitriles is 1. The van der Waals surface area contributed by atoms with Crippen LogP contribution < -0.4 is 0 Å². The molecular formula is C6H9NO2. The highest BCUT2D eigenvalue weighted by Crippen LogP contribution is 1.91. The standard InChI is InChI=1S/C6H9NO2/c1-5(2)4-9-6(8)3-7/h5H,4H2,1-2H3. The van der Waals surface area contributed by atoms with Crippen molar-refractivity contribution in [3.63, 3.8) is 0 Å². The first-order chi connectivity index (χ1) is 4.16. The van der Waals surface area contributed by atoms with E-state index in [0.717, 1.165) is 0 Å². The zero-order chi connectivity index (χ0) is 7.28. The van der Waals surface area contributed by atoms with Crippen molar-refractivity contribution in [2.75, 3.05) is 6.61 Å². The van der Waals surface area contributed by atoms with Crippen molar-refractivity contribution < 1.29 is 9.53 Å². The van der Waals surface area contributed by atoms with Gasteiger partial charge in [-0.15, -0.1) is 0 Å². The summed E-state index contributed by atoms with van der Waals surface area (Å²) in [5.41, 5.74) is 0. The molecule has 0 unspecified atom stereocenters. The maximum absolute atomic E-state index is 10.1. The molecule has 0 radical (unpaired) electrons. The van der Waals surface area contributed by atoms with E-state index in [1.54, 1.807) is 0 Å². The van der Waals surface area contributed by atoms with Gasteiger partial charge in [0.2, 0.25) is 0 Å². The summed E-state index contributed by atoms with van der Waals surface area (Å²) < 4.78 is 4.45. The Hall–Kier alpha value is -1.04. The fourth-order valence-corrected chi connectivity index (χ4v) is 0.275. The molecule has 3 heteroatoms. The molecule has 0 aliphatic rings. The van der Waals surface area contributed by atoms with Gasteiger partial charge >= 0.3 is 5.97 Å². The minimum atomic E-state index is -0.802. The molecule has 0 saturated carbocycles. The summed E-state index contributed by atoms with van der Waals surface area (Å²) in [5, 5.41) is 7.92. The molecule has 0 spiro atoms. The number of ether oxygens (including phenoxy) is 1. The van der Waals surface area contributed by atoms with Gasteiger partial charge in [-0.3, -0.25) is 0 Å². The van der Waals surface area contributed by atoms with Crippen molar-refractivity contribution in [2.24, 2.45) is 5.92 Å². The SMILES string of the molecule is CC(C)COC(=O)C#N. The van der Waals surface area contributed by atoms with Gasteiger partial charge in [0.05, 0.1) is 6.61 Å². The van der Waals surface area contributed by atoms with E-state index >= 15 is 0 Å².